The van der Waals surface area contributed by atoms with E-state index in [1.165, 1.54) is 0 Å². The Balaban J connectivity index is 0.000000155. The van der Waals surface area contributed by atoms with Gasteiger partial charge in [-0.25, -0.2) is 0 Å². The number of aliphatic hydroxyl groups is 2. The van der Waals surface area contributed by atoms with Crippen LogP contribution >= 0.6 is 31.9 Å². The summed E-state index contributed by atoms with van der Waals surface area (Å²) >= 11 is 6.87. The van der Waals surface area contributed by atoms with Gasteiger partial charge in [0.25, 0.3) is 0 Å². The van der Waals surface area contributed by atoms with Crippen molar-refractivity contribution < 1.29 is 29.9 Å². The molecule has 0 aliphatic carbocycles. The van der Waals surface area contributed by atoms with Crippen LogP contribution in [0.2, 0.25) is 0 Å². The minimum absolute atomic E-state index is 0.141. The average Bonchev–Trinajstić information content (AvgIpc) is 2.90. The van der Waals surface area contributed by atoms with Crippen molar-refractivity contribution in [1.82, 2.24) is 0 Å². The van der Waals surface area contributed by atoms with Gasteiger partial charge in [-0.3, -0.25) is 0 Å². The van der Waals surface area contributed by atoms with Gasteiger partial charge < -0.3 is 29.9 Å². The van der Waals surface area contributed by atoms with Crippen LogP contribution in [0.4, 0.5) is 0 Å². The predicted molar refractivity (Wildman–Crippen MR) is 150 cm³/mol. The molecule has 4 N–H and O–H groups in total. The van der Waals surface area contributed by atoms with Gasteiger partial charge in [-0.1, -0.05) is 56.1 Å². The molecule has 2 heterocycles. The van der Waals surface area contributed by atoms with Gasteiger partial charge in [0, 0.05) is 32.9 Å². The van der Waals surface area contributed by atoms with E-state index in [4.69, 9.17) is 9.47 Å². The molecule has 8 heteroatoms. The number of ether oxygens (including phenoxy) is 2. The lowest BCUT2D eigenvalue weighted by Gasteiger charge is -2.30. The summed E-state index contributed by atoms with van der Waals surface area (Å²) in [6, 6.07) is 25.4. The number of halogens is 2. The fraction of sp³-hybridized carbons (Fsp3) is 0.200. The first-order chi connectivity index (χ1) is 18.3. The minimum Gasteiger partial charge on any atom is -0.508 e. The van der Waals surface area contributed by atoms with Gasteiger partial charge in [-0.2, -0.15) is 0 Å². The Morgan fingerprint density at radius 3 is 1.39 bits per heavy atom. The molecule has 4 unspecified atom stereocenters. The summed E-state index contributed by atoms with van der Waals surface area (Å²) < 4.78 is 13.8. The number of phenols is 2. The summed E-state index contributed by atoms with van der Waals surface area (Å²) in [5.74, 6) is 1.53. The molecule has 0 saturated heterocycles. The second kappa shape index (κ2) is 11.4. The highest BCUT2D eigenvalue weighted by molar-refractivity contribution is 9.10. The number of benzene rings is 4. The number of aliphatic hydroxyl groups excluding tert-OH is 2. The summed E-state index contributed by atoms with van der Waals surface area (Å²) in [7, 11) is 0. The molecule has 2 aliphatic heterocycles. The van der Waals surface area contributed by atoms with Crippen molar-refractivity contribution in [1.29, 1.82) is 0 Å². The molecule has 6 nitrogen and oxygen atoms in total. The number of rotatable bonds is 2. The van der Waals surface area contributed by atoms with Crippen molar-refractivity contribution in [2.75, 3.05) is 0 Å². The molecule has 0 spiro atoms. The SMILES string of the molecule is Oc1ccc2c(c1)C(O)CC(c1cccc(Br)c1)O2.Oc1ccc2c(c1)C(O)CC(c1cccc(Br)c1)O2. The molecule has 0 radical (unpaired) electrons. The first-order valence-electron chi connectivity index (χ1n) is 12.1. The summed E-state index contributed by atoms with van der Waals surface area (Å²) in [4.78, 5) is 0. The monoisotopic (exact) mass is 640 g/mol. The summed E-state index contributed by atoms with van der Waals surface area (Å²) in [5, 5.41) is 39.3. The molecular formula is C30H26Br2O6. The van der Waals surface area contributed by atoms with E-state index in [1.807, 2.05) is 48.5 Å². The van der Waals surface area contributed by atoms with Crippen LogP contribution < -0.4 is 9.47 Å². The quantitative estimate of drug-likeness (QED) is 0.182. The van der Waals surface area contributed by atoms with Crippen molar-refractivity contribution in [3.63, 3.8) is 0 Å². The molecule has 196 valence electrons. The zero-order valence-corrected chi connectivity index (χ0v) is 23.3. The molecule has 0 aromatic heterocycles. The molecule has 2 aliphatic rings. The van der Waals surface area contributed by atoms with Crippen molar-refractivity contribution in [3.8, 4) is 23.0 Å². The molecule has 0 saturated carbocycles. The maximum Gasteiger partial charge on any atom is 0.127 e. The van der Waals surface area contributed by atoms with Crippen molar-refractivity contribution in [3.05, 3.63) is 116 Å². The Morgan fingerprint density at radius 1 is 0.579 bits per heavy atom. The maximum atomic E-state index is 10.2. The van der Waals surface area contributed by atoms with Gasteiger partial charge in [-0.05, 0) is 71.8 Å². The van der Waals surface area contributed by atoms with Gasteiger partial charge in [0.2, 0.25) is 0 Å². The Kier molecular flexibility index (Phi) is 7.95. The normalized spacial score (nSPS) is 21.6. The van der Waals surface area contributed by atoms with E-state index in [2.05, 4.69) is 31.9 Å². The van der Waals surface area contributed by atoms with Crippen LogP contribution in [0.15, 0.2) is 93.9 Å². The van der Waals surface area contributed by atoms with E-state index in [0.29, 0.717) is 35.5 Å². The van der Waals surface area contributed by atoms with E-state index < -0.39 is 12.2 Å². The number of hydrogen-bond acceptors (Lipinski definition) is 6. The Hall–Kier alpha value is -3.04. The zero-order chi connectivity index (χ0) is 26.8. The largest absolute Gasteiger partial charge is 0.508 e. The Morgan fingerprint density at radius 2 is 1.00 bits per heavy atom. The van der Waals surface area contributed by atoms with E-state index in [-0.39, 0.29) is 23.7 Å². The third-order valence-electron chi connectivity index (χ3n) is 6.56. The topological polar surface area (TPSA) is 99.4 Å². The lowest BCUT2D eigenvalue weighted by Crippen LogP contribution is -2.18. The molecular weight excluding hydrogens is 616 g/mol. The fourth-order valence-electron chi connectivity index (χ4n) is 4.69. The smallest absolute Gasteiger partial charge is 0.127 e. The summed E-state index contributed by atoms with van der Waals surface area (Å²) in [5.41, 5.74) is 3.33. The molecule has 4 aromatic carbocycles. The molecule has 6 rings (SSSR count). The van der Waals surface area contributed by atoms with E-state index in [9.17, 15) is 20.4 Å². The van der Waals surface area contributed by atoms with Crippen LogP contribution in [0.3, 0.4) is 0 Å². The van der Waals surface area contributed by atoms with Crippen molar-refractivity contribution in [2.24, 2.45) is 0 Å². The number of fused-ring (bicyclic) bond motifs is 2. The second-order valence-electron chi connectivity index (χ2n) is 9.27. The van der Waals surface area contributed by atoms with Crippen molar-refractivity contribution in [2.45, 2.75) is 37.3 Å². The summed E-state index contributed by atoms with van der Waals surface area (Å²) in [6.07, 6.45) is -0.645. The first kappa shape index (κ1) is 26.6. The highest BCUT2D eigenvalue weighted by Gasteiger charge is 2.29. The van der Waals surface area contributed by atoms with Gasteiger partial charge in [0.05, 0.1) is 12.2 Å². The van der Waals surface area contributed by atoms with Crippen LogP contribution in [0.5, 0.6) is 23.0 Å². The minimum atomic E-state index is -0.625. The van der Waals surface area contributed by atoms with E-state index in [1.54, 1.807) is 36.4 Å². The number of hydrogen-bond donors (Lipinski definition) is 4. The number of aromatic hydroxyl groups is 2. The second-order valence-corrected chi connectivity index (χ2v) is 11.1. The fourth-order valence-corrected chi connectivity index (χ4v) is 5.53. The number of phenolic OH excluding ortho intramolecular Hbond substituents is 2. The standard InChI is InChI=1S/2C15H13BrO3/c2*16-10-3-1-2-9(6-10)15-8-13(18)12-7-11(17)4-5-14(12)19-15/h2*1-7,13,15,17-18H,8H2. The first-order valence-corrected chi connectivity index (χ1v) is 13.7. The van der Waals surface area contributed by atoms with Crippen LogP contribution in [0, 0.1) is 0 Å². The molecule has 4 aromatic rings. The molecule has 38 heavy (non-hydrogen) atoms. The molecule has 4 atom stereocenters. The van der Waals surface area contributed by atoms with Gasteiger partial charge >= 0.3 is 0 Å². The average molecular weight is 642 g/mol. The van der Waals surface area contributed by atoms with Crippen molar-refractivity contribution >= 4 is 31.9 Å². The Bertz CT molecular complexity index is 1330. The zero-order valence-electron chi connectivity index (χ0n) is 20.2. The lowest BCUT2D eigenvalue weighted by atomic mass is 9.95. The molecule has 0 fully saturated rings. The van der Waals surface area contributed by atoms with E-state index >= 15 is 0 Å². The van der Waals surface area contributed by atoms with Gasteiger partial charge in [-0.15, -0.1) is 0 Å². The van der Waals surface area contributed by atoms with Crippen LogP contribution in [0.25, 0.3) is 0 Å². The lowest BCUT2D eigenvalue weighted by molar-refractivity contribution is 0.0651. The highest BCUT2D eigenvalue weighted by Crippen LogP contribution is 2.43. The van der Waals surface area contributed by atoms with E-state index in [0.717, 1.165) is 20.1 Å². The van der Waals surface area contributed by atoms with Gasteiger partial charge in [0.15, 0.2) is 0 Å². The third kappa shape index (κ3) is 5.99. The molecule has 0 bridgehead atoms. The van der Waals surface area contributed by atoms with Crippen LogP contribution in [-0.2, 0) is 0 Å². The highest BCUT2D eigenvalue weighted by atomic mass is 79.9. The maximum absolute atomic E-state index is 10.2. The van der Waals surface area contributed by atoms with Crippen LogP contribution in [0.1, 0.15) is 59.5 Å². The van der Waals surface area contributed by atoms with Crippen LogP contribution in [-0.4, -0.2) is 20.4 Å². The molecule has 0 amide bonds. The Labute approximate surface area is 237 Å². The predicted octanol–water partition coefficient (Wildman–Crippen LogP) is 7.42. The van der Waals surface area contributed by atoms with Gasteiger partial charge in [0.1, 0.15) is 35.2 Å². The summed E-state index contributed by atoms with van der Waals surface area (Å²) in [6.45, 7) is 0. The third-order valence-corrected chi connectivity index (χ3v) is 7.55.